The second-order valence-corrected chi connectivity index (χ2v) is 8.21. The van der Waals surface area contributed by atoms with Gasteiger partial charge in [-0.3, -0.25) is 4.98 Å². The monoisotopic (exact) mass is 399 g/mol. The molecule has 1 N–H and O–H groups in total. The first-order valence-electron chi connectivity index (χ1n) is 9.69. The number of nitriles is 1. The first kappa shape index (κ1) is 21.1. The molecule has 5 heteroatoms. The number of aryl methyl sites for hydroxylation is 1. The van der Waals surface area contributed by atoms with Gasteiger partial charge in [-0.2, -0.15) is 5.26 Å². The van der Waals surface area contributed by atoms with Crippen LogP contribution in [0.4, 0.5) is 11.4 Å². The number of carbonyl (C=O) groups excluding carboxylic acids is 1. The zero-order chi connectivity index (χ0) is 21.9. The second kappa shape index (κ2) is 8.38. The van der Waals surface area contributed by atoms with Crippen LogP contribution in [0.3, 0.4) is 0 Å². The van der Waals surface area contributed by atoms with Crippen molar-refractivity contribution >= 4 is 17.3 Å². The normalized spacial score (nSPS) is 10.9. The number of ether oxygens (including phenoxy) is 1. The zero-order valence-electron chi connectivity index (χ0n) is 17.9. The fraction of sp³-hybridized carbons (Fsp3) is 0.240. The first-order valence-corrected chi connectivity index (χ1v) is 9.69. The van der Waals surface area contributed by atoms with Crippen LogP contribution >= 0.6 is 0 Å². The molecule has 1 aromatic heterocycles. The van der Waals surface area contributed by atoms with Crippen molar-refractivity contribution in [3.63, 3.8) is 0 Å². The van der Waals surface area contributed by atoms with Gasteiger partial charge in [0.1, 0.15) is 0 Å². The molecule has 5 nitrogen and oxygen atoms in total. The van der Waals surface area contributed by atoms with E-state index in [9.17, 15) is 10.1 Å². The summed E-state index contributed by atoms with van der Waals surface area (Å²) in [5, 5.41) is 12.8. The van der Waals surface area contributed by atoms with Crippen molar-refractivity contribution in [3.8, 4) is 17.2 Å². The Morgan fingerprint density at radius 1 is 1.07 bits per heavy atom. The standard InChI is InChI=1S/C25H25N3O2/c1-16-23(18-6-8-19(9-7-18)24(29)30-5)13-22(15-27-16)28-21-11-17(14-26)10-20(12-21)25(2,3)4/h6-13,15,28H,1-5H3. The summed E-state index contributed by atoms with van der Waals surface area (Å²) in [5.41, 5.74) is 6.60. The summed E-state index contributed by atoms with van der Waals surface area (Å²) in [7, 11) is 1.37. The minimum Gasteiger partial charge on any atom is -0.465 e. The fourth-order valence-electron chi connectivity index (χ4n) is 3.16. The van der Waals surface area contributed by atoms with Crippen LogP contribution in [0.2, 0.25) is 0 Å². The number of methoxy groups -OCH3 is 1. The van der Waals surface area contributed by atoms with Crippen LogP contribution in [0.5, 0.6) is 0 Å². The molecule has 0 spiro atoms. The molecule has 1 heterocycles. The second-order valence-electron chi connectivity index (χ2n) is 8.21. The highest BCUT2D eigenvalue weighted by Gasteiger charge is 2.16. The Kier molecular flexibility index (Phi) is 5.89. The molecule has 0 amide bonds. The highest BCUT2D eigenvalue weighted by atomic mass is 16.5. The Morgan fingerprint density at radius 2 is 1.77 bits per heavy atom. The molecule has 0 unspecified atom stereocenters. The Hall–Kier alpha value is -3.65. The van der Waals surface area contributed by atoms with Gasteiger partial charge in [0.05, 0.1) is 36.2 Å². The quantitative estimate of drug-likeness (QED) is 0.565. The van der Waals surface area contributed by atoms with Crippen molar-refractivity contribution in [3.05, 3.63) is 77.1 Å². The predicted octanol–water partition coefficient (Wildman–Crippen LogP) is 5.76. The van der Waals surface area contributed by atoms with Gasteiger partial charge in [-0.05, 0) is 59.9 Å². The van der Waals surface area contributed by atoms with Crippen molar-refractivity contribution in [1.29, 1.82) is 5.26 Å². The smallest absolute Gasteiger partial charge is 0.337 e. The third kappa shape index (κ3) is 4.66. The van der Waals surface area contributed by atoms with Gasteiger partial charge in [0, 0.05) is 16.9 Å². The van der Waals surface area contributed by atoms with E-state index in [0.717, 1.165) is 33.8 Å². The fourth-order valence-corrected chi connectivity index (χ4v) is 3.16. The maximum atomic E-state index is 11.7. The average molecular weight is 399 g/mol. The number of hydrogen-bond donors (Lipinski definition) is 1. The molecule has 0 radical (unpaired) electrons. The minimum atomic E-state index is -0.362. The Balaban J connectivity index is 1.95. The largest absolute Gasteiger partial charge is 0.465 e. The molecule has 30 heavy (non-hydrogen) atoms. The average Bonchev–Trinajstić information content (AvgIpc) is 2.73. The number of aromatic nitrogens is 1. The Bertz CT molecular complexity index is 1120. The van der Waals surface area contributed by atoms with Gasteiger partial charge in [0.15, 0.2) is 0 Å². The lowest BCUT2D eigenvalue weighted by Gasteiger charge is -2.21. The predicted molar refractivity (Wildman–Crippen MR) is 119 cm³/mol. The molecule has 0 aliphatic heterocycles. The van der Waals surface area contributed by atoms with E-state index in [-0.39, 0.29) is 11.4 Å². The van der Waals surface area contributed by atoms with Crippen LogP contribution in [0, 0.1) is 18.3 Å². The van der Waals surface area contributed by atoms with Gasteiger partial charge in [0.25, 0.3) is 0 Å². The van der Waals surface area contributed by atoms with Gasteiger partial charge in [-0.25, -0.2) is 4.79 Å². The van der Waals surface area contributed by atoms with E-state index in [1.54, 1.807) is 18.3 Å². The molecule has 0 saturated heterocycles. The molecule has 3 aromatic rings. The number of anilines is 2. The maximum absolute atomic E-state index is 11.7. The summed E-state index contributed by atoms with van der Waals surface area (Å²) in [6.07, 6.45) is 1.78. The number of pyridine rings is 1. The van der Waals surface area contributed by atoms with E-state index in [1.165, 1.54) is 7.11 Å². The van der Waals surface area contributed by atoms with E-state index < -0.39 is 0 Å². The highest BCUT2D eigenvalue weighted by molar-refractivity contribution is 5.90. The molecule has 0 bridgehead atoms. The van der Waals surface area contributed by atoms with Crippen LogP contribution in [0.25, 0.3) is 11.1 Å². The van der Waals surface area contributed by atoms with Crippen molar-refractivity contribution in [1.82, 2.24) is 4.98 Å². The summed E-state index contributed by atoms with van der Waals surface area (Å²) in [4.78, 5) is 16.2. The summed E-state index contributed by atoms with van der Waals surface area (Å²) < 4.78 is 4.76. The van der Waals surface area contributed by atoms with Crippen molar-refractivity contribution in [2.45, 2.75) is 33.1 Å². The van der Waals surface area contributed by atoms with Crippen molar-refractivity contribution in [2.75, 3.05) is 12.4 Å². The van der Waals surface area contributed by atoms with Crippen LogP contribution in [0.1, 0.15) is 48.0 Å². The summed E-state index contributed by atoms with van der Waals surface area (Å²) in [6.45, 7) is 8.31. The number of esters is 1. The van der Waals surface area contributed by atoms with Gasteiger partial charge in [0.2, 0.25) is 0 Å². The van der Waals surface area contributed by atoms with Crippen molar-refractivity contribution in [2.24, 2.45) is 0 Å². The molecule has 0 aliphatic carbocycles. The van der Waals surface area contributed by atoms with Gasteiger partial charge < -0.3 is 10.1 Å². The summed E-state index contributed by atoms with van der Waals surface area (Å²) in [6, 6.07) is 17.3. The van der Waals surface area contributed by atoms with Gasteiger partial charge >= 0.3 is 5.97 Å². The van der Waals surface area contributed by atoms with E-state index >= 15 is 0 Å². The van der Waals surface area contributed by atoms with Crippen LogP contribution < -0.4 is 5.32 Å². The maximum Gasteiger partial charge on any atom is 0.337 e. The van der Waals surface area contributed by atoms with Crippen LogP contribution in [-0.4, -0.2) is 18.1 Å². The van der Waals surface area contributed by atoms with Crippen molar-refractivity contribution < 1.29 is 9.53 Å². The molecule has 0 atom stereocenters. The lowest BCUT2D eigenvalue weighted by atomic mass is 9.86. The Morgan fingerprint density at radius 3 is 2.37 bits per heavy atom. The number of carbonyl (C=O) groups is 1. The van der Waals surface area contributed by atoms with E-state index in [2.05, 4.69) is 43.2 Å². The number of hydrogen-bond acceptors (Lipinski definition) is 5. The van der Waals surface area contributed by atoms with Crippen LogP contribution in [0.15, 0.2) is 54.7 Å². The third-order valence-electron chi connectivity index (χ3n) is 4.92. The molecular formula is C25H25N3O2. The number of rotatable bonds is 4. The molecule has 0 saturated carbocycles. The lowest BCUT2D eigenvalue weighted by Crippen LogP contribution is -2.11. The number of nitrogens with one attached hydrogen (secondary N) is 1. The Labute approximate surface area is 177 Å². The van der Waals surface area contributed by atoms with E-state index in [4.69, 9.17) is 4.74 Å². The molecule has 2 aromatic carbocycles. The third-order valence-corrected chi connectivity index (χ3v) is 4.92. The number of benzene rings is 2. The van der Waals surface area contributed by atoms with Crippen LogP contribution in [-0.2, 0) is 10.2 Å². The zero-order valence-corrected chi connectivity index (χ0v) is 17.9. The minimum absolute atomic E-state index is 0.0681. The molecule has 3 rings (SSSR count). The highest BCUT2D eigenvalue weighted by Crippen LogP contribution is 2.30. The van der Waals surface area contributed by atoms with Gasteiger partial charge in [-0.1, -0.05) is 32.9 Å². The number of nitrogens with zero attached hydrogens (tertiary/aromatic N) is 2. The molecular weight excluding hydrogens is 374 g/mol. The SMILES string of the molecule is COC(=O)c1ccc(-c2cc(Nc3cc(C#N)cc(C(C)(C)C)c3)cnc2C)cc1. The van der Waals surface area contributed by atoms with E-state index in [1.807, 2.05) is 37.3 Å². The summed E-state index contributed by atoms with van der Waals surface area (Å²) >= 11 is 0. The summed E-state index contributed by atoms with van der Waals surface area (Å²) in [5.74, 6) is -0.362. The first-order chi connectivity index (χ1) is 14.2. The topological polar surface area (TPSA) is 75.0 Å². The van der Waals surface area contributed by atoms with Gasteiger partial charge in [-0.15, -0.1) is 0 Å². The molecule has 0 fully saturated rings. The lowest BCUT2D eigenvalue weighted by molar-refractivity contribution is 0.0601. The molecule has 152 valence electrons. The molecule has 0 aliphatic rings. The van der Waals surface area contributed by atoms with E-state index in [0.29, 0.717) is 11.1 Å².